The molecule has 0 spiro atoms. The van der Waals surface area contributed by atoms with Gasteiger partial charge in [0, 0.05) is 24.4 Å². The van der Waals surface area contributed by atoms with Gasteiger partial charge in [-0.1, -0.05) is 30.3 Å². The van der Waals surface area contributed by atoms with Crippen LogP contribution >= 0.6 is 0 Å². The largest absolute Gasteiger partial charge is 0.395 e. The third kappa shape index (κ3) is 3.43. The van der Waals surface area contributed by atoms with E-state index in [-0.39, 0.29) is 30.0 Å². The maximum Gasteiger partial charge on any atom is 0.225 e. The summed E-state index contributed by atoms with van der Waals surface area (Å²) in [6, 6.07) is 10.2. The Morgan fingerprint density at radius 2 is 1.70 bits per heavy atom. The fourth-order valence-electron chi connectivity index (χ4n) is 4.07. The van der Waals surface area contributed by atoms with Crippen molar-refractivity contribution in [1.82, 2.24) is 4.90 Å². The molecule has 2 fully saturated rings. The predicted octanol–water partition coefficient (Wildman–Crippen LogP) is 2.09. The van der Waals surface area contributed by atoms with Crippen LogP contribution in [0.1, 0.15) is 44.1 Å². The van der Waals surface area contributed by atoms with Gasteiger partial charge < -0.3 is 15.1 Å². The van der Waals surface area contributed by atoms with E-state index < -0.39 is 0 Å². The molecule has 0 unspecified atom stereocenters. The van der Waals surface area contributed by atoms with Crippen molar-refractivity contribution >= 4 is 5.91 Å². The molecule has 0 aromatic heterocycles. The van der Waals surface area contributed by atoms with E-state index in [1.165, 1.54) is 5.56 Å². The highest BCUT2D eigenvalue weighted by atomic mass is 16.3. The summed E-state index contributed by atoms with van der Waals surface area (Å²) in [5, 5.41) is 19.6. The third-order valence-electron chi connectivity index (χ3n) is 5.77. The molecule has 1 aliphatic carbocycles. The zero-order chi connectivity index (χ0) is 16.3. The van der Waals surface area contributed by atoms with Crippen molar-refractivity contribution in [2.24, 2.45) is 5.92 Å². The summed E-state index contributed by atoms with van der Waals surface area (Å²) in [6.45, 7) is 1.56. The Balaban J connectivity index is 1.62. The Morgan fingerprint density at radius 1 is 1.09 bits per heavy atom. The van der Waals surface area contributed by atoms with E-state index in [9.17, 15) is 15.0 Å². The number of carbonyl (C=O) groups is 1. The minimum atomic E-state index is -0.222. The highest BCUT2D eigenvalue weighted by molar-refractivity contribution is 5.79. The summed E-state index contributed by atoms with van der Waals surface area (Å²) in [7, 11) is 0. The van der Waals surface area contributed by atoms with E-state index in [0.29, 0.717) is 13.1 Å². The lowest BCUT2D eigenvalue weighted by Crippen LogP contribution is -2.49. The average Bonchev–Trinajstić information content (AvgIpc) is 2.62. The van der Waals surface area contributed by atoms with E-state index in [1.807, 2.05) is 23.1 Å². The number of aliphatic hydroxyl groups is 2. The molecule has 1 aliphatic heterocycles. The summed E-state index contributed by atoms with van der Waals surface area (Å²) in [5.41, 5.74) is 0.969. The summed E-state index contributed by atoms with van der Waals surface area (Å²) >= 11 is 0. The molecule has 1 saturated heterocycles. The first-order valence-corrected chi connectivity index (χ1v) is 8.78. The van der Waals surface area contributed by atoms with Crippen LogP contribution < -0.4 is 0 Å². The van der Waals surface area contributed by atoms with Crippen LogP contribution in [-0.4, -0.2) is 46.8 Å². The molecule has 2 aliphatic rings. The van der Waals surface area contributed by atoms with Crippen LogP contribution in [0.25, 0.3) is 0 Å². The molecule has 4 heteroatoms. The van der Waals surface area contributed by atoms with Gasteiger partial charge in [0.2, 0.25) is 5.91 Å². The smallest absolute Gasteiger partial charge is 0.225 e. The van der Waals surface area contributed by atoms with Gasteiger partial charge in [-0.2, -0.15) is 0 Å². The van der Waals surface area contributed by atoms with E-state index in [1.54, 1.807) is 0 Å². The number of hydrogen-bond acceptors (Lipinski definition) is 3. The van der Waals surface area contributed by atoms with Gasteiger partial charge in [-0.3, -0.25) is 4.79 Å². The Hall–Kier alpha value is -1.39. The number of rotatable bonds is 3. The molecule has 1 amide bonds. The van der Waals surface area contributed by atoms with E-state index >= 15 is 0 Å². The van der Waals surface area contributed by atoms with Gasteiger partial charge >= 0.3 is 0 Å². The van der Waals surface area contributed by atoms with Crippen molar-refractivity contribution in [1.29, 1.82) is 0 Å². The lowest BCUT2D eigenvalue weighted by atomic mass is 9.73. The first kappa shape index (κ1) is 16.5. The van der Waals surface area contributed by atoms with E-state index in [0.717, 1.165) is 38.5 Å². The Kier molecular flexibility index (Phi) is 5.02. The first-order chi connectivity index (χ1) is 11.1. The molecule has 1 saturated carbocycles. The lowest BCUT2D eigenvalue weighted by Gasteiger charge is -2.42. The number of piperidine rings is 1. The molecule has 2 N–H and O–H groups in total. The van der Waals surface area contributed by atoms with Gasteiger partial charge in [0.15, 0.2) is 0 Å². The van der Waals surface area contributed by atoms with Crippen LogP contribution in [0.3, 0.4) is 0 Å². The van der Waals surface area contributed by atoms with Crippen LogP contribution in [0.4, 0.5) is 0 Å². The average molecular weight is 317 g/mol. The predicted molar refractivity (Wildman–Crippen MR) is 89.0 cm³/mol. The second-order valence-corrected chi connectivity index (χ2v) is 7.14. The highest BCUT2D eigenvalue weighted by Gasteiger charge is 2.38. The number of aliphatic hydroxyl groups excluding tert-OH is 2. The first-order valence-electron chi connectivity index (χ1n) is 8.78. The molecular formula is C19H27NO3. The van der Waals surface area contributed by atoms with Crippen molar-refractivity contribution < 1.29 is 15.0 Å². The van der Waals surface area contributed by atoms with Crippen molar-refractivity contribution in [3.8, 4) is 0 Å². The van der Waals surface area contributed by atoms with Crippen molar-refractivity contribution in [3.63, 3.8) is 0 Å². The summed E-state index contributed by atoms with van der Waals surface area (Å²) in [4.78, 5) is 14.6. The molecular weight excluding hydrogens is 290 g/mol. The maximum atomic E-state index is 12.7. The zero-order valence-corrected chi connectivity index (χ0v) is 13.7. The third-order valence-corrected chi connectivity index (χ3v) is 5.77. The number of benzene rings is 1. The van der Waals surface area contributed by atoms with E-state index in [4.69, 9.17) is 0 Å². The fourth-order valence-corrected chi connectivity index (χ4v) is 4.07. The van der Waals surface area contributed by atoms with Gasteiger partial charge in [0.05, 0.1) is 12.7 Å². The van der Waals surface area contributed by atoms with Crippen molar-refractivity contribution in [3.05, 3.63) is 35.9 Å². The van der Waals surface area contributed by atoms with Gasteiger partial charge in [-0.25, -0.2) is 0 Å². The van der Waals surface area contributed by atoms with Crippen molar-refractivity contribution in [2.45, 2.75) is 50.0 Å². The minimum absolute atomic E-state index is 0.0803. The molecule has 126 valence electrons. The summed E-state index contributed by atoms with van der Waals surface area (Å²) in [5.74, 6) is 0.327. The number of carbonyl (C=O) groups excluding carboxylic acids is 1. The molecule has 1 aromatic carbocycles. The molecule has 23 heavy (non-hydrogen) atoms. The lowest BCUT2D eigenvalue weighted by molar-refractivity contribution is -0.139. The summed E-state index contributed by atoms with van der Waals surface area (Å²) in [6.07, 6.45) is 4.51. The fraction of sp³-hybridized carbons (Fsp3) is 0.632. The topological polar surface area (TPSA) is 60.8 Å². The van der Waals surface area contributed by atoms with Gasteiger partial charge in [0.1, 0.15) is 0 Å². The standard InChI is InChI=1S/C19H27NO3/c21-14-19(16-4-2-1-3-5-16)10-12-20(13-11-19)18(23)15-6-8-17(22)9-7-15/h1-5,15,17,21-22H,6-14H2. The zero-order valence-electron chi connectivity index (χ0n) is 13.7. The number of hydrogen-bond donors (Lipinski definition) is 2. The Labute approximate surface area is 138 Å². The second kappa shape index (κ2) is 7.02. The molecule has 4 nitrogen and oxygen atoms in total. The molecule has 0 bridgehead atoms. The molecule has 0 atom stereocenters. The van der Waals surface area contributed by atoms with Crippen LogP contribution in [0.15, 0.2) is 30.3 Å². The van der Waals surface area contributed by atoms with Crippen LogP contribution in [0, 0.1) is 5.92 Å². The van der Waals surface area contributed by atoms with Crippen molar-refractivity contribution in [2.75, 3.05) is 19.7 Å². The van der Waals surface area contributed by atoms with Gasteiger partial charge in [-0.15, -0.1) is 0 Å². The van der Waals surface area contributed by atoms with E-state index in [2.05, 4.69) is 12.1 Å². The maximum absolute atomic E-state index is 12.7. The summed E-state index contributed by atoms with van der Waals surface area (Å²) < 4.78 is 0. The quantitative estimate of drug-likeness (QED) is 0.897. The second-order valence-electron chi connectivity index (χ2n) is 7.14. The van der Waals surface area contributed by atoms with Crippen LogP contribution in [-0.2, 0) is 10.2 Å². The normalized spacial score (nSPS) is 27.7. The Bertz CT molecular complexity index is 515. The SMILES string of the molecule is O=C(C1CCC(O)CC1)N1CCC(CO)(c2ccccc2)CC1. The van der Waals surface area contributed by atoms with Crippen LogP contribution in [0.5, 0.6) is 0 Å². The monoisotopic (exact) mass is 317 g/mol. The highest BCUT2D eigenvalue weighted by Crippen LogP contribution is 2.36. The number of amides is 1. The van der Waals surface area contributed by atoms with Crippen LogP contribution in [0.2, 0.25) is 0 Å². The number of nitrogens with zero attached hydrogens (tertiary/aromatic N) is 1. The number of likely N-dealkylation sites (tertiary alicyclic amines) is 1. The molecule has 1 heterocycles. The Morgan fingerprint density at radius 3 is 2.26 bits per heavy atom. The van der Waals surface area contributed by atoms with Gasteiger partial charge in [-0.05, 0) is 44.1 Å². The minimum Gasteiger partial charge on any atom is -0.395 e. The molecule has 3 rings (SSSR count). The van der Waals surface area contributed by atoms with Gasteiger partial charge in [0.25, 0.3) is 0 Å². The molecule has 0 radical (unpaired) electrons. The molecule has 1 aromatic rings.